The van der Waals surface area contributed by atoms with Gasteiger partial charge in [0.2, 0.25) is 0 Å². The predicted octanol–water partition coefficient (Wildman–Crippen LogP) is 2.71. The van der Waals surface area contributed by atoms with E-state index in [1.807, 2.05) is 0 Å². The Morgan fingerprint density at radius 3 is 2.44 bits per heavy atom. The lowest BCUT2D eigenvalue weighted by Crippen LogP contribution is -2.57. The Labute approximate surface area is 142 Å². The van der Waals surface area contributed by atoms with Gasteiger partial charge >= 0.3 is 6.18 Å². The first-order valence-electron chi connectivity index (χ1n) is 7.66. The minimum Gasteiger partial charge on any atom is -0.497 e. The van der Waals surface area contributed by atoms with Crippen LogP contribution in [0.4, 0.5) is 13.2 Å². The van der Waals surface area contributed by atoms with Gasteiger partial charge in [0, 0.05) is 12.1 Å². The first-order valence-corrected chi connectivity index (χ1v) is 7.66. The second kappa shape index (κ2) is 7.30. The van der Waals surface area contributed by atoms with Crippen LogP contribution >= 0.6 is 0 Å². The van der Waals surface area contributed by atoms with Gasteiger partial charge in [-0.25, -0.2) is 0 Å². The molecule has 1 aliphatic heterocycles. The summed E-state index contributed by atoms with van der Waals surface area (Å²) in [6.07, 6.45) is -4.96. The number of hydrogen-bond donors (Lipinski definition) is 1. The highest BCUT2D eigenvalue weighted by molar-refractivity contribution is 5.91. The van der Waals surface area contributed by atoms with E-state index < -0.39 is 30.8 Å². The molecule has 1 amide bonds. The number of amides is 1. The quantitative estimate of drug-likeness (QED) is 0.847. The molecular formula is C16H19F3N2O4. The van der Waals surface area contributed by atoms with Gasteiger partial charge in [-0.1, -0.05) is 13.3 Å². The Morgan fingerprint density at radius 2 is 1.92 bits per heavy atom. The summed E-state index contributed by atoms with van der Waals surface area (Å²) in [6, 6.07) is 6.19. The number of benzene rings is 1. The average Bonchev–Trinajstić information content (AvgIpc) is 2.91. The maximum atomic E-state index is 13.2. The molecule has 1 atom stereocenters. The van der Waals surface area contributed by atoms with Gasteiger partial charge in [0.05, 0.1) is 7.11 Å². The van der Waals surface area contributed by atoms with Crippen molar-refractivity contribution in [2.75, 3.05) is 13.7 Å². The molecule has 0 saturated carbocycles. The van der Waals surface area contributed by atoms with Crippen molar-refractivity contribution in [2.45, 2.75) is 38.1 Å². The highest BCUT2D eigenvalue weighted by Gasteiger charge is 2.63. The summed E-state index contributed by atoms with van der Waals surface area (Å²) in [6.45, 7) is 1.08. The third kappa shape index (κ3) is 4.04. The van der Waals surface area contributed by atoms with E-state index in [0.29, 0.717) is 12.2 Å². The standard InChI is InChI=1S/C16H19F3N2O4/c1-3-4-11-9-15(23,16(17,18)19)21(20-11)14(22)10-25-13-7-5-12(24-2)6-8-13/h5-8,23H,3-4,9-10H2,1-2H3/t15-/m0/s1. The molecule has 2 rings (SSSR count). The number of methoxy groups -OCH3 is 1. The molecule has 9 heteroatoms. The Balaban J connectivity index is 2.10. The van der Waals surface area contributed by atoms with Gasteiger partial charge in [-0.15, -0.1) is 0 Å². The fourth-order valence-electron chi connectivity index (χ4n) is 2.41. The summed E-state index contributed by atoms with van der Waals surface area (Å²) in [7, 11) is 1.48. The lowest BCUT2D eigenvalue weighted by molar-refractivity contribution is -0.302. The van der Waals surface area contributed by atoms with Crippen LogP contribution in [0.1, 0.15) is 26.2 Å². The van der Waals surface area contributed by atoms with Gasteiger partial charge in [0.1, 0.15) is 11.5 Å². The second-order valence-electron chi connectivity index (χ2n) is 5.58. The normalized spacial score (nSPS) is 20.4. The molecule has 1 aromatic carbocycles. The topological polar surface area (TPSA) is 71.4 Å². The van der Waals surface area contributed by atoms with Crippen LogP contribution in [0.25, 0.3) is 0 Å². The van der Waals surface area contributed by atoms with Crippen LogP contribution in [-0.4, -0.2) is 47.4 Å². The summed E-state index contributed by atoms with van der Waals surface area (Å²) in [5.74, 6) is -0.234. The minimum atomic E-state index is -5.03. The number of halogens is 3. The number of hydrogen-bond acceptors (Lipinski definition) is 5. The molecule has 6 nitrogen and oxygen atoms in total. The molecule has 0 aromatic heterocycles. The fourth-order valence-corrected chi connectivity index (χ4v) is 2.41. The summed E-state index contributed by atoms with van der Waals surface area (Å²) in [5.41, 5.74) is -3.21. The van der Waals surface area contributed by atoms with E-state index in [2.05, 4.69) is 5.10 Å². The Hall–Kier alpha value is -2.29. The summed E-state index contributed by atoms with van der Waals surface area (Å²) < 4.78 is 49.9. The fraction of sp³-hybridized carbons (Fsp3) is 0.500. The highest BCUT2D eigenvalue weighted by Crippen LogP contribution is 2.40. The van der Waals surface area contributed by atoms with Gasteiger partial charge in [-0.3, -0.25) is 4.79 Å². The van der Waals surface area contributed by atoms with E-state index in [9.17, 15) is 23.1 Å². The number of nitrogens with zero attached hydrogens (tertiary/aromatic N) is 2. The first-order chi connectivity index (χ1) is 11.7. The Bertz CT molecular complexity index is 646. The summed E-state index contributed by atoms with van der Waals surface area (Å²) >= 11 is 0. The van der Waals surface area contributed by atoms with Crippen LogP contribution in [0.3, 0.4) is 0 Å². The minimum absolute atomic E-state index is 0.0848. The lowest BCUT2D eigenvalue weighted by Gasteiger charge is -2.32. The number of ether oxygens (including phenoxy) is 2. The average molecular weight is 360 g/mol. The number of hydrazone groups is 1. The third-order valence-electron chi connectivity index (χ3n) is 3.69. The molecule has 0 radical (unpaired) electrons. The summed E-state index contributed by atoms with van der Waals surface area (Å²) in [4.78, 5) is 12.2. The second-order valence-corrected chi connectivity index (χ2v) is 5.58. The van der Waals surface area contributed by atoms with Crippen LogP contribution < -0.4 is 9.47 Å². The number of carbonyl (C=O) groups is 1. The largest absolute Gasteiger partial charge is 0.497 e. The molecule has 1 aliphatic rings. The first kappa shape index (κ1) is 19.0. The zero-order valence-corrected chi connectivity index (χ0v) is 13.8. The smallest absolute Gasteiger partial charge is 0.438 e. The van der Waals surface area contributed by atoms with Crippen LogP contribution in [0.15, 0.2) is 29.4 Å². The van der Waals surface area contributed by atoms with E-state index >= 15 is 0 Å². The van der Waals surface area contributed by atoms with Crippen LogP contribution in [-0.2, 0) is 4.79 Å². The van der Waals surface area contributed by atoms with Crippen molar-refractivity contribution in [1.82, 2.24) is 5.01 Å². The maximum absolute atomic E-state index is 13.2. The van der Waals surface area contributed by atoms with Gasteiger partial charge in [-0.2, -0.15) is 23.3 Å². The molecule has 1 N–H and O–H groups in total. The Morgan fingerprint density at radius 1 is 1.32 bits per heavy atom. The molecule has 25 heavy (non-hydrogen) atoms. The van der Waals surface area contributed by atoms with Crippen molar-refractivity contribution in [1.29, 1.82) is 0 Å². The van der Waals surface area contributed by atoms with Gasteiger partial charge < -0.3 is 14.6 Å². The van der Waals surface area contributed by atoms with Crippen LogP contribution in [0, 0.1) is 0 Å². The van der Waals surface area contributed by atoms with Crippen molar-refractivity contribution in [3.05, 3.63) is 24.3 Å². The third-order valence-corrected chi connectivity index (χ3v) is 3.69. The lowest BCUT2D eigenvalue weighted by atomic mass is 10.0. The molecule has 0 spiro atoms. The van der Waals surface area contributed by atoms with Gasteiger partial charge in [0.15, 0.2) is 6.61 Å². The number of carbonyl (C=O) groups excluding carboxylic acids is 1. The molecule has 1 heterocycles. The van der Waals surface area contributed by atoms with E-state index in [0.717, 1.165) is 0 Å². The molecule has 0 aliphatic carbocycles. The van der Waals surface area contributed by atoms with E-state index in [1.54, 1.807) is 19.1 Å². The van der Waals surface area contributed by atoms with E-state index in [-0.39, 0.29) is 22.9 Å². The van der Waals surface area contributed by atoms with Crippen LogP contribution in [0.5, 0.6) is 11.5 Å². The maximum Gasteiger partial charge on any atom is 0.438 e. The highest BCUT2D eigenvalue weighted by atomic mass is 19.4. The molecule has 0 unspecified atom stereocenters. The molecule has 0 saturated heterocycles. The van der Waals surface area contributed by atoms with E-state index in [1.165, 1.54) is 19.2 Å². The monoisotopic (exact) mass is 360 g/mol. The number of alkyl halides is 3. The Kier molecular flexibility index (Phi) is 5.56. The molecule has 138 valence electrons. The van der Waals surface area contributed by atoms with Crippen molar-refractivity contribution >= 4 is 11.6 Å². The van der Waals surface area contributed by atoms with Crippen molar-refractivity contribution < 1.29 is 32.5 Å². The zero-order valence-electron chi connectivity index (χ0n) is 13.8. The molecule has 0 bridgehead atoms. The van der Waals surface area contributed by atoms with Gasteiger partial charge in [-0.05, 0) is 30.7 Å². The molecular weight excluding hydrogens is 341 g/mol. The van der Waals surface area contributed by atoms with Gasteiger partial charge in [0.25, 0.3) is 11.6 Å². The number of rotatable bonds is 6. The van der Waals surface area contributed by atoms with E-state index in [4.69, 9.17) is 9.47 Å². The molecule has 0 fully saturated rings. The SMILES string of the molecule is CCCC1=NN(C(=O)COc2ccc(OC)cc2)[C@@](O)(C(F)(F)F)C1. The van der Waals surface area contributed by atoms with Crippen molar-refractivity contribution in [2.24, 2.45) is 5.10 Å². The molecule has 1 aromatic rings. The predicted molar refractivity (Wildman–Crippen MR) is 83.3 cm³/mol. The zero-order chi connectivity index (χ0) is 18.7. The van der Waals surface area contributed by atoms with Crippen LogP contribution in [0.2, 0.25) is 0 Å². The van der Waals surface area contributed by atoms with Crippen molar-refractivity contribution in [3.8, 4) is 11.5 Å². The van der Waals surface area contributed by atoms with Crippen molar-refractivity contribution in [3.63, 3.8) is 0 Å². The number of aliphatic hydroxyl groups is 1. The summed E-state index contributed by atoms with van der Waals surface area (Å²) in [5, 5.41) is 13.8.